The van der Waals surface area contributed by atoms with Crippen LogP contribution in [0.3, 0.4) is 0 Å². The summed E-state index contributed by atoms with van der Waals surface area (Å²) in [4.78, 5) is 3.51. The lowest BCUT2D eigenvalue weighted by atomic mass is 10.1. The third kappa shape index (κ3) is 1.45. The number of benzene rings is 2. The van der Waals surface area contributed by atoms with E-state index >= 15 is 0 Å². The minimum Gasteiger partial charge on any atom is -0.354 e. The highest BCUT2D eigenvalue weighted by atomic mass is 79.9. The summed E-state index contributed by atoms with van der Waals surface area (Å²) in [6.07, 6.45) is 1.06. The molecule has 0 aliphatic carbocycles. The van der Waals surface area contributed by atoms with Crippen LogP contribution >= 0.6 is 15.9 Å². The second kappa shape index (κ2) is 3.95. The van der Waals surface area contributed by atoms with Crippen LogP contribution in [0.25, 0.3) is 21.8 Å². The van der Waals surface area contributed by atoms with E-state index < -0.39 is 0 Å². The van der Waals surface area contributed by atoms with E-state index in [1.807, 2.05) is 0 Å². The first kappa shape index (κ1) is 9.91. The van der Waals surface area contributed by atoms with Gasteiger partial charge in [0.1, 0.15) is 0 Å². The molecule has 1 N–H and O–H groups in total. The van der Waals surface area contributed by atoms with Crippen molar-refractivity contribution in [2.45, 2.75) is 6.42 Å². The van der Waals surface area contributed by atoms with Gasteiger partial charge in [0, 0.05) is 27.1 Å². The zero-order chi connectivity index (χ0) is 11.0. The predicted octanol–water partition coefficient (Wildman–Crippen LogP) is 4.26. The van der Waals surface area contributed by atoms with Crippen molar-refractivity contribution in [3.8, 4) is 0 Å². The molecule has 0 atom stereocenters. The summed E-state index contributed by atoms with van der Waals surface area (Å²) in [5.41, 5.74) is 3.88. The van der Waals surface area contributed by atoms with Crippen LogP contribution in [-0.4, -0.2) is 10.3 Å². The van der Waals surface area contributed by atoms with Gasteiger partial charge in [-0.25, -0.2) is 0 Å². The van der Waals surface area contributed by atoms with Gasteiger partial charge in [0.2, 0.25) is 0 Å². The number of para-hydroxylation sites is 2. The van der Waals surface area contributed by atoms with E-state index in [9.17, 15) is 0 Å². The van der Waals surface area contributed by atoms with Crippen molar-refractivity contribution in [2.24, 2.45) is 0 Å². The monoisotopic (exact) mass is 273 g/mol. The Bertz CT molecular complexity index is 639. The Kier molecular flexibility index (Phi) is 2.44. The number of H-pyrrole nitrogens is 1. The smallest absolute Gasteiger partial charge is 0.0497 e. The molecule has 0 amide bonds. The molecule has 0 saturated heterocycles. The number of nitrogens with one attached hydrogen (secondary N) is 1. The lowest BCUT2D eigenvalue weighted by molar-refractivity contribution is 1.18. The SMILES string of the molecule is BrCCc1cccc2c1[nH]c1ccccc12. The third-order valence-electron chi connectivity index (χ3n) is 2.99. The van der Waals surface area contributed by atoms with Crippen LogP contribution in [-0.2, 0) is 6.42 Å². The molecule has 1 aromatic heterocycles. The van der Waals surface area contributed by atoms with E-state index in [1.54, 1.807) is 0 Å². The number of aromatic amines is 1. The summed E-state index contributed by atoms with van der Waals surface area (Å²) in [6, 6.07) is 15.0. The fourth-order valence-electron chi connectivity index (χ4n) is 2.24. The second-order valence-electron chi connectivity index (χ2n) is 3.95. The Labute approximate surface area is 103 Å². The molecule has 16 heavy (non-hydrogen) atoms. The first-order valence-corrected chi connectivity index (χ1v) is 6.56. The van der Waals surface area contributed by atoms with Crippen LogP contribution in [0, 0.1) is 0 Å². The fourth-order valence-corrected chi connectivity index (χ4v) is 2.67. The van der Waals surface area contributed by atoms with Crippen LogP contribution in [0.1, 0.15) is 5.56 Å². The molecule has 0 fully saturated rings. The maximum Gasteiger partial charge on any atom is 0.0497 e. The highest BCUT2D eigenvalue weighted by Crippen LogP contribution is 2.27. The Balaban J connectivity index is 2.39. The van der Waals surface area contributed by atoms with Crippen LogP contribution in [0.5, 0.6) is 0 Å². The number of halogens is 1. The lowest BCUT2D eigenvalue weighted by Crippen LogP contribution is -1.86. The van der Waals surface area contributed by atoms with Crippen molar-refractivity contribution in [3.63, 3.8) is 0 Å². The quantitative estimate of drug-likeness (QED) is 0.672. The predicted molar refractivity (Wildman–Crippen MR) is 73.3 cm³/mol. The highest BCUT2D eigenvalue weighted by Gasteiger charge is 2.06. The maximum atomic E-state index is 3.51. The minimum atomic E-state index is 1.00. The summed E-state index contributed by atoms with van der Waals surface area (Å²) in [5.74, 6) is 0. The van der Waals surface area contributed by atoms with Crippen LogP contribution in [0.2, 0.25) is 0 Å². The summed E-state index contributed by atoms with van der Waals surface area (Å²) < 4.78 is 0. The molecule has 3 aromatic rings. The lowest BCUT2D eigenvalue weighted by Gasteiger charge is -1.99. The molecule has 0 saturated carbocycles. The molecule has 3 rings (SSSR count). The van der Waals surface area contributed by atoms with Gasteiger partial charge in [-0.15, -0.1) is 0 Å². The van der Waals surface area contributed by atoms with E-state index in [2.05, 4.69) is 63.4 Å². The third-order valence-corrected chi connectivity index (χ3v) is 3.39. The average Bonchev–Trinajstić information content (AvgIpc) is 2.69. The van der Waals surface area contributed by atoms with E-state index in [-0.39, 0.29) is 0 Å². The van der Waals surface area contributed by atoms with Crippen molar-refractivity contribution < 1.29 is 0 Å². The second-order valence-corrected chi connectivity index (χ2v) is 4.74. The van der Waals surface area contributed by atoms with Gasteiger partial charge in [-0.05, 0) is 18.1 Å². The minimum absolute atomic E-state index is 1.00. The van der Waals surface area contributed by atoms with Crippen LogP contribution in [0.4, 0.5) is 0 Å². The Morgan fingerprint density at radius 2 is 1.75 bits per heavy atom. The van der Waals surface area contributed by atoms with Gasteiger partial charge < -0.3 is 4.98 Å². The van der Waals surface area contributed by atoms with Crippen molar-refractivity contribution in [1.29, 1.82) is 0 Å². The molecule has 2 aromatic carbocycles. The summed E-state index contributed by atoms with van der Waals surface area (Å²) in [6.45, 7) is 0. The van der Waals surface area contributed by atoms with Gasteiger partial charge in [0.05, 0.1) is 0 Å². The number of hydrogen-bond acceptors (Lipinski definition) is 0. The first-order valence-electron chi connectivity index (χ1n) is 5.44. The van der Waals surface area contributed by atoms with Gasteiger partial charge >= 0.3 is 0 Å². The van der Waals surface area contributed by atoms with E-state index in [1.165, 1.54) is 27.4 Å². The number of aryl methyl sites for hydroxylation is 1. The molecule has 80 valence electrons. The van der Waals surface area contributed by atoms with Gasteiger partial charge in [0.25, 0.3) is 0 Å². The van der Waals surface area contributed by atoms with Crippen molar-refractivity contribution in [2.75, 3.05) is 5.33 Å². The Morgan fingerprint density at radius 1 is 0.938 bits per heavy atom. The molecule has 0 unspecified atom stereocenters. The molecule has 0 radical (unpaired) electrons. The van der Waals surface area contributed by atoms with Crippen molar-refractivity contribution in [3.05, 3.63) is 48.0 Å². The van der Waals surface area contributed by atoms with E-state index in [0.717, 1.165) is 11.8 Å². The molecule has 0 spiro atoms. The number of fused-ring (bicyclic) bond motifs is 3. The zero-order valence-corrected chi connectivity index (χ0v) is 10.4. The number of rotatable bonds is 2. The van der Waals surface area contributed by atoms with Crippen molar-refractivity contribution in [1.82, 2.24) is 4.98 Å². The molecular formula is C14H12BrN. The van der Waals surface area contributed by atoms with Crippen LogP contribution in [0.15, 0.2) is 42.5 Å². The van der Waals surface area contributed by atoms with Gasteiger partial charge in [-0.3, -0.25) is 0 Å². The van der Waals surface area contributed by atoms with E-state index in [4.69, 9.17) is 0 Å². The molecule has 0 aliphatic heterocycles. The van der Waals surface area contributed by atoms with Gasteiger partial charge in [-0.2, -0.15) is 0 Å². The molecular weight excluding hydrogens is 262 g/mol. The number of aromatic nitrogens is 1. The Morgan fingerprint density at radius 3 is 2.62 bits per heavy atom. The summed E-state index contributed by atoms with van der Waals surface area (Å²) in [5, 5.41) is 3.64. The molecule has 1 nitrogen and oxygen atoms in total. The van der Waals surface area contributed by atoms with E-state index in [0.29, 0.717) is 0 Å². The number of hydrogen-bond donors (Lipinski definition) is 1. The standard InChI is InChI=1S/C14H12BrN/c15-9-8-10-4-3-6-12-11-5-1-2-7-13(11)16-14(10)12/h1-7,16H,8-9H2. The largest absolute Gasteiger partial charge is 0.354 e. The molecule has 1 heterocycles. The molecule has 0 aliphatic rings. The summed E-state index contributed by atoms with van der Waals surface area (Å²) in [7, 11) is 0. The summed E-state index contributed by atoms with van der Waals surface area (Å²) >= 11 is 3.50. The maximum absolute atomic E-state index is 3.51. The topological polar surface area (TPSA) is 15.8 Å². The normalized spacial score (nSPS) is 11.3. The first-order chi connectivity index (χ1) is 7.90. The van der Waals surface area contributed by atoms with Gasteiger partial charge in [-0.1, -0.05) is 52.3 Å². The molecule has 0 bridgehead atoms. The Hall–Kier alpha value is -1.28. The fraction of sp³-hybridized carbons (Fsp3) is 0.143. The van der Waals surface area contributed by atoms with Crippen molar-refractivity contribution >= 4 is 37.7 Å². The van der Waals surface area contributed by atoms with Crippen LogP contribution < -0.4 is 0 Å². The zero-order valence-electron chi connectivity index (χ0n) is 8.83. The molecule has 2 heteroatoms. The number of alkyl halides is 1. The van der Waals surface area contributed by atoms with Gasteiger partial charge in [0.15, 0.2) is 0 Å². The highest BCUT2D eigenvalue weighted by molar-refractivity contribution is 9.09. The average molecular weight is 274 g/mol.